The van der Waals surface area contributed by atoms with E-state index in [9.17, 15) is 13.2 Å². The number of aliphatic carboxylic acids is 1. The number of carboxylic acid groups (broad SMARTS) is 1. The highest BCUT2D eigenvalue weighted by Crippen LogP contribution is 2.16. The molecular formula is C10H11F3N4O3. The largest absolute Gasteiger partial charge is 0.490 e. The number of aryl methyl sites for hydroxylation is 1. The number of carbonyl (C=O) groups is 1. The Labute approximate surface area is 110 Å². The zero-order valence-electron chi connectivity index (χ0n) is 10.3. The number of halogens is 3. The number of rotatable bonds is 2. The van der Waals surface area contributed by atoms with E-state index in [4.69, 9.17) is 20.1 Å². The minimum absolute atomic E-state index is 0.275. The molecule has 0 saturated carbocycles. The molecule has 0 atom stereocenters. The number of alkyl halides is 3. The molecular weight excluding hydrogens is 281 g/mol. The van der Waals surface area contributed by atoms with Gasteiger partial charge in [-0.05, 0) is 12.1 Å². The quantitative estimate of drug-likeness (QED) is 0.860. The maximum absolute atomic E-state index is 10.6. The van der Waals surface area contributed by atoms with Crippen molar-refractivity contribution in [3.05, 3.63) is 24.2 Å². The van der Waals surface area contributed by atoms with Crippen LogP contribution >= 0.6 is 0 Å². The lowest BCUT2D eigenvalue weighted by Crippen LogP contribution is -2.21. The summed E-state index contributed by atoms with van der Waals surface area (Å²) in [6.07, 6.45) is -3.17. The van der Waals surface area contributed by atoms with Gasteiger partial charge in [0.15, 0.2) is 0 Å². The normalized spacial score (nSPS) is 10.8. The number of carboxylic acids is 1. The molecule has 0 unspecified atom stereocenters. The molecule has 0 spiro atoms. The van der Waals surface area contributed by atoms with Crippen molar-refractivity contribution < 1.29 is 27.5 Å². The highest BCUT2D eigenvalue weighted by atomic mass is 19.4. The van der Waals surface area contributed by atoms with Gasteiger partial charge in [0.2, 0.25) is 5.89 Å². The molecule has 2 heterocycles. The van der Waals surface area contributed by atoms with Gasteiger partial charge in [-0.25, -0.2) is 4.79 Å². The second-order valence-corrected chi connectivity index (χ2v) is 3.51. The Morgan fingerprint density at radius 1 is 1.50 bits per heavy atom. The molecule has 0 bridgehead atoms. The molecule has 7 nitrogen and oxygen atoms in total. The number of hydrogen-bond acceptors (Lipinski definition) is 5. The number of nitrogens with two attached hydrogens (primary N) is 1. The van der Waals surface area contributed by atoms with Gasteiger partial charge in [-0.2, -0.15) is 13.2 Å². The van der Waals surface area contributed by atoms with Crippen LogP contribution in [0.2, 0.25) is 0 Å². The van der Waals surface area contributed by atoms with Crippen molar-refractivity contribution in [1.29, 1.82) is 0 Å². The van der Waals surface area contributed by atoms with E-state index in [0.29, 0.717) is 11.8 Å². The van der Waals surface area contributed by atoms with Crippen molar-refractivity contribution in [3.8, 4) is 11.6 Å². The minimum atomic E-state index is -5.08. The standard InChI is InChI=1S/C8H10N4O.C2HF3O2/c1-12-4-2-3-6(12)8-11-10-7(5-9)13-8;3-2(4,5)1(6)7/h2-4H,5,9H2,1H3;(H,6,7). The number of nitrogens with zero attached hydrogens (tertiary/aromatic N) is 3. The van der Waals surface area contributed by atoms with Crippen molar-refractivity contribution in [3.63, 3.8) is 0 Å². The Morgan fingerprint density at radius 3 is 2.45 bits per heavy atom. The molecule has 0 amide bonds. The van der Waals surface area contributed by atoms with E-state index in [1.165, 1.54) is 0 Å². The maximum Gasteiger partial charge on any atom is 0.490 e. The number of hydrogen-bond donors (Lipinski definition) is 2. The average Bonchev–Trinajstić information content (AvgIpc) is 2.96. The topological polar surface area (TPSA) is 107 Å². The Balaban J connectivity index is 0.000000246. The van der Waals surface area contributed by atoms with Gasteiger partial charge in [-0.1, -0.05) is 0 Å². The zero-order valence-corrected chi connectivity index (χ0v) is 10.3. The fourth-order valence-corrected chi connectivity index (χ4v) is 1.12. The molecule has 0 aliphatic heterocycles. The predicted molar refractivity (Wildman–Crippen MR) is 60.3 cm³/mol. The Hall–Kier alpha value is -2.36. The summed E-state index contributed by atoms with van der Waals surface area (Å²) in [6.45, 7) is 0.275. The second-order valence-electron chi connectivity index (χ2n) is 3.51. The zero-order chi connectivity index (χ0) is 15.3. The van der Waals surface area contributed by atoms with Crippen LogP contribution in [0.5, 0.6) is 0 Å². The highest BCUT2D eigenvalue weighted by molar-refractivity contribution is 5.73. The molecule has 2 rings (SSSR count). The Bertz CT molecular complexity index is 576. The first-order chi connectivity index (χ1) is 9.25. The molecule has 110 valence electrons. The van der Waals surface area contributed by atoms with Crippen LogP contribution in [0, 0.1) is 0 Å². The summed E-state index contributed by atoms with van der Waals surface area (Å²) < 4.78 is 38.9. The molecule has 3 N–H and O–H groups in total. The lowest BCUT2D eigenvalue weighted by molar-refractivity contribution is -0.192. The number of aromatic nitrogens is 3. The smallest absolute Gasteiger partial charge is 0.475 e. The third-order valence-electron chi connectivity index (χ3n) is 2.05. The lowest BCUT2D eigenvalue weighted by Gasteiger charge is -1.95. The molecule has 0 aromatic carbocycles. The summed E-state index contributed by atoms with van der Waals surface area (Å²) in [7, 11) is 1.92. The molecule has 2 aromatic heterocycles. The van der Waals surface area contributed by atoms with Crippen molar-refractivity contribution in [1.82, 2.24) is 14.8 Å². The van der Waals surface area contributed by atoms with E-state index in [0.717, 1.165) is 5.69 Å². The molecule has 0 aliphatic rings. The van der Waals surface area contributed by atoms with Crippen molar-refractivity contribution >= 4 is 5.97 Å². The summed E-state index contributed by atoms with van der Waals surface area (Å²) in [5.74, 6) is -1.79. The fourth-order valence-electron chi connectivity index (χ4n) is 1.12. The van der Waals surface area contributed by atoms with E-state index in [1.54, 1.807) is 0 Å². The van der Waals surface area contributed by atoms with Crippen molar-refractivity contribution in [2.45, 2.75) is 12.7 Å². The Kier molecular flexibility index (Phi) is 4.86. The third kappa shape index (κ3) is 4.09. The van der Waals surface area contributed by atoms with E-state index in [1.807, 2.05) is 29.9 Å². The summed E-state index contributed by atoms with van der Waals surface area (Å²) in [5.41, 5.74) is 6.25. The lowest BCUT2D eigenvalue weighted by atomic mass is 10.4. The molecule has 20 heavy (non-hydrogen) atoms. The van der Waals surface area contributed by atoms with Gasteiger partial charge in [0.25, 0.3) is 5.89 Å². The van der Waals surface area contributed by atoms with Gasteiger partial charge in [0, 0.05) is 13.2 Å². The third-order valence-corrected chi connectivity index (χ3v) is 2.05. The van der Waals surface area contributed by atoms with Gasteiger partial charge in [0.1, 0.15) is 5.69 Å². The van der Waals surface area contributed by atoms with Crippen LogP contribution in [0.4, 0.5) is 13.2 Å². The molecule has 0 radical (unpaired) electrons. The van der Waals surface area contributed by atoms with E-state index >= 15 is 0 Å². The first kappa shape index (κ1) is 15.7. The van der Waals surface area contributed by atoms with Gasteiger partial charge in [0.05, 0.1) is 6.54 Å². The van der Waals surface area contributed by atoms with Crippen LogP contribution in [0.1, 0.15) is 5.89 Å². The van der Waals surface area contributed by atoms with Crippen LogP contribution < -0.4 is 5.73 Å². The predicted octanol–water partition coefficient (Wildman–Crippen LogP) is 1.17. The van der Waals surface area contributed by atoms with E-state index in [2.05, 4.69) is 10.2 Å². The van der Waals surface area contributed by atoms with E-state index < -0.39 is 12.1 Å². The molecule has 0 fully saturated rings. The van der Waals surface area contributed by atoms with Gasteiger partial charge >= 0.3 is 12.1 Å². The first-order valence-electron chi connectivity index (χ1n) is 5.20. The summed E-state index contributed by atoms with van der Waals surface area (Å²) in [4.78, 5) is 8.90. The van der Waals surface area contributed by atoms with Crippen LogP contribution in [-0.4, -0.2) is 32.0 Å². The van der Waals surface area contributed by atoms with Crippen molar-refractivity contribution in [2.75, 3.05) is 0 Å². The van der Waals surface area contributed by atoms with Crippen LogP contribution in [-0.2, 0) is 18.4 Å². The van der Waals surface area contributed by atoms with E-state index in [-0.39, 0.29) is 6.54 Å². The summed E-state index contributed by atoms with van der Waals surface area (Å²) >= 11 is 0. The van der Waals surface area contributed by atoms with Gasteiger partial charge < -0.3 is 19.8 Å². The van der Waals surface area contributed by atoms with Crippen LogP contribution in [0.15, 0.2) is 22.7 Å². The average molecular weight is 292 g/mol. The molecule has 10 heteroatoms. The molecule has 0 saturated heterocycles. The SMILES string of the molecule is Cn1cccc1-c1nnc(CN)o1.O=C(O)C(F)(F)F. The Morgan fingerprint density at radius 2 is 2.10 bits per heavy atom. The summed E-state index contributed by atoms with van der Waals surface area (Å²) in [5, 5.41) is 14.8. The van der Waals surface area contributed by atoms with Crippen molar-refractivity contribution in [2.24, 2.45) is 12.8 Å². The maximum atomic E-state index is 10.6. The second kappa shape index (κ2) is 6.19. The molecule has 2 aromatic rings. The van der Waals surface area contributed by atoms with Gasteiger partial charge in [-0.15, -0.1) is 10.2 Å². The van der Waals surface area contributed by atoms with Crippen LogP contribution in [0.25, 0.3) is 11.6 Å². The first-order valence-corrected chi connectivity index (χ1v) is 5.20. The summed E-state index contributed by atoms with van der Waals surface area (Å²) in [6, 6.07) is 3.83. The minimum Gasteiger partial charge on any atom is -0.475 e. The fraction of sp³-hybridized carbons (Fsp3) is 0.300. The van der Waals surface area contributed by atoms with Crippen LogP contribution in [0.3, 0.4) is 0 Å². The molecule has 0 aliphatic carbocycles. The highest BCUT2D eigenvalue weighted by Gasteiger charge is 2.38. The monoisotopic (exact) mass is 292 g/mol. The van der Waals surface area contributed by atoms with Gasteiger partial charge in [-0.3, -0.25) is 0 Å².